The van der Waals surface area contributed by atoms with Gasteiger partial charge < -0.3 is 10.2 Å². The van der Waals surface area contributed by atoms with Crippen LogP contribution in [0, 0.1) is 0 Å². The summed E-state index contributed by atoms with van der Waals surface area (Å²) < 4.78 is 0. The van der Waals surface area contributed by atoms with Gasteiger partial charge >= 0.3 is 0 Å². The lowest BCUT2D eigenvalue weighted by Crippen LogP contribution is -1.94. The van der Waals surface area contributed by atoms with Crippen molar-refractivity contribution in [3.05, 3.63) is 90.0 Å². The summed E-state index contributed by atoms with van der Waals surface area (Å²) in [5, 5.41) is 20.4. The summed E-state index contributed by atoms with van der Waals surface area (Å²) in [4.78, 5) is 4.93. The predicted molar refractivity (Wildman–Crippen MR) is 107 cm³/mol. The van der Waals surface area contributed by atoms with Gasteiger partial charge in [-0.1, -0.05) is 54.6 Å². The lowest BCUT2D eigenvalue weighted by Gasteiger charge is -2.13. The number of fused-ring (bicyclic) bond motifs is 3. The van der Waals surface area contributed by atoms with Crippen molar-refractivity contribution >= 4 is 0 Å². The van der Waals surface area contributed by atoms with Crippen LogP contribution in [0.2, 0.25) is 0 Å². The Bertz CT molecular complexity index is 1170. The van der Waals surface area contributed by atoms with Crippen molar-refractivity contribution in [2.75, 3.05) is 0 Å². The zero-order valence-corrected chi connectivity index (χ0v) is 14.6. The summed E-state index contributed by atoms with van der Waals surface area (Å²) in [7, 11) is 0. The van der Waals surface area contributed by atoms with Crippen molar-refractivity contribution < 1.29 is 10.2 Å². The van der Waals surface area contributed by atoms with Gasteiger partial charge in [-0.15, -0.1) is 0 Å². The zero-order chi connectivity index (χ0) is 18.4. The van der Waals surface area contributed by atoms with Crippen LogP contribution >= 0.6 is 0 Å². The molecule has 130 valence electrons. The summed E-state index contributed by atoms with van der Waals surface area (Å²) in [6.45, 7) is 0. The molecule has 0 aliphatic heterocycles. The molecule has 1 aliphatic carbocycles. The molecule has 3 aromatic carbocycles. The standard InChI is InChI=1S/C24H17NO2/c26-17-11-10-16-12-21-20(18-8-4-5-9-23(18)27)14-22(15-6-2-1-3-7-15)25-24(21)19(16)13-17/h1-11,13-14,26-27H,12H2. The minimum absolute atomic E-state index is 0.234. The van der Waals surface area contributed by atoms with Crippen molar-refractivity contribution in [2.24, 2.45) is 0 Å². The van der Waals surface area contributed by atoms with Crippen molar-refractivity contribution in [1.29, 1.82) is 0 Å². The fraction of sp³-hybridized carbons (Fsp3) is 0.0417. The quantitative estimate of drug-likeness (QED) is 0.448. The van der Waals surface area contributed by atoms with Crippen LogP contribution in [-0.4, -0.2) is 15.2 Å². The molecule has 0 saturated carbocycles. The van der Waals surface area contributed by atoms with Crippen molar-refractivity contribution in [3.63, 3.8) is 0 Å². The number of rotatable bonds is 2. The van der Waals surface area contributed by atoms with E-state index in [1.807, 2.05) is 54.6 Å². The van der Waals surface area contributed by atoms with E-state index in [1.54, 1.807) is 18.2 Å². The maximum atomic E-state index is 10.5. The highest BCUT2D eigenvalue weighted by Crippen LogP contribution is 2.44. The van der Waals surface area contributed by atoms with Gasteiger partial charge in [-0.3, -0.25) is 0 Å². The van der Waals surface area contributed by atoms with Crippen LogP contribution < -0.4 is 0 Å². The van der Waals surface area contributed by atoms with E-state index in [-0.39, 0.29) is 11.5 Å². The Kier molecular flexibility index (Phi) is 3.47. The van der Waals surface area contributed by atoms with E-state index in [0.717, 1.165) is 51.2 Å². The number of phenols is 2. The number of hydrogen-bond donors (Lipinski definition) is 2. The minimum Gasteiger partial charge on any atom is -0.508 e. The molecule has 4 aromatic rings. The number of phenolic OH excluding ortho intramolecular Hbond substituents is 2. The van der Waals surface area contributed by atoms with Crippen molar-refractivity contribution in [2.45, 2.75) is 6.42 Å². The molecule has 3 heteroatoms. The van der Waals surface area contributed by atoms with Gasteiger partial charge in [0.05, 0.1) is 11.4 Å². The van der Waals surface area contributed by atoms with E-state index >= 15 is 0 Å². The van der Waals surface area contributed by atoms with Gasteiger partial charge in [-0.05, 0) is 41.0 Å². The number of aromatic nitrogens is 1. The van der Waals surface area contributed by atoms with E-state index in [0.29, 0.717) is 0 Å². The number of nitrogens with zero attached hydrogens (tertiary/aromatic N) is 1. The van der Waals surface area contributed by atoms with Crippen LogP contribution in [0.1, 0.15) is 11.1 Å². The van der Waals surface area contributed by atoms with E-state index in [9.17, 15) is 10.2 Å². The molecule has 0 bridgehead atoms. The lowest BCUT2D eigenvalue weighted by molar-refractivity contribution is 0.475. The number of aromatic hydroxyl groups is 2. The van der Waals surface area contributed by atoms with E-state index in [1.165, 1.54) is 0 Å². The highest BCUT2D eigenvalue weighted by atomic mass is 16.3. The number of pyridine rings is 1. The molecule has 3 nitrogen and oxygen atoms in total. The molecular weight excluding hydrogens is 334 g/mol. The summed E-state index contributed by atoms with van der Waals surface area (Å²) in [6.07, 6.45) is 0.733. The van der Waals surface area contributed by atoms with Crippen LogP contribution in [0.3, 0.4) is 0 Å². The third-order valence-corrected chi connectivity index (χ3v) is 5.10. The molecule has 0 fully saturated rings. The SMILES string of the molecule is Oc1ccc2c(c1)-c1nc(-c3ccccc3)cc(-c3ccccc3O)c1C2. The number of benzene rings is 3. The highest BCUT2D eigenvalue weighted by molar-refractivity contribution is 5.87. The molecule has 27 heavy (non-hydrogen) atoms. The maximum absolute atomic E-state index is 10.5. The second kappa shape index (κ2) is 5.99. The van der Waals surface area contributed by atoms with Gasteiger partial charge in [0.15, 0.2) is 0 Å². The molecule has 1 heterocycles. The van der Waals surface area contributed by atoms with Gasteiger partial charge in [0.2, 0.25) is 0 Å². The smallest absolute Gasteiger partial charge is 0.123 e. The van der Waals surface area contributed by atoms with E-state index in [2.05, 4.69) is 6.07 Å². The van der Waals surface area contributed by atoms with Gasteiger partial charge in [0, 0.05) is 23.1 Å². The first-order valence-corrected chi connectivity index (χ1v) is 8.90. The summed E-state index contributed by atoms with van der Waals surface area (Å²) in [5.41, 5.74) is 7.70. The van der Waals surface area contributed by atoms with Crippen LogP contribution in [0.5, 0.6) is 11.5 Å². The first kappa shape index (κ1) is 15.6. The molecule has 0 unspecified atom stereocenters. The Morgan fingerprint density at radius 1 is 0.704 bits per heavy atom. The number of hydrogen-bond acceptors (Lipinski definition) is 3. The lowest BCUT2D eigenvalue weighted by atomic mass is 9.95. The Labute approximate surface area is 157 Å². The Morgan fingerprint density at radius 3 is 2.30 bits per heavy atom. The third kappa shape index (κ3) is 2.56. The van der Waals surface area contributed by atoms with Gasteiger partial charge in [-0.25, -0.2) is 4.98 Å². The fourth-order valence-electron chi connectivity index (χ4n) is 3.80. The maximum Gasteiger partial charge on any atom is 0.123 e. The van der Waals surface area contributed by atoms with E-state index < -0.39 is 0 Å². The average molecular weight is 351 g/mol. The minimum atomic E-state index is 0.234. The Hall–Kier alpha value is -3.59. The van der Waals surface area contributed by atoms with Crippen molar-refractivity contribution in [3.8, 4) is 45.1 Å². The topological polar surface area (TPSA) is 53.4 Å². The molecule has 0 spiro atoms. The molecule has 5 rings (SSSR count). The first-order valence-electron chi connectivity index (χ1n) is 8.90. The second-order valence-corrected chi connectivity index (χ2v) is 6.78. The van der Waals surface area contributed by atoms with Crippen LogP contribution in [-0.2, 0) is 6.42 Å². The second-order valence-electron chi connectivity index (χ2n) is 6.78. The molecule has 2 N–H and O–H groups in total. The molecule has 1 aliphatic rings. The summed E-state index contributed by atoms with van der Waals surface area (Å²) in [5.74, 6) is 0.487. The monoisotopic (exact) mass is 351 g/mol. The van der Waals surface area contributed by atoms with Crippen LogP contribution in [0.15, 0.2) is 78.9 Å². The largest absolute Gasteiger partial charge is 0.508 e. The summed E-state index contributed by atoms with van der Waals surface area (Å²) >= 11 is 0. The molecule has 0 radical (unpaired) electrons. The van der Waals surface area contributed by atoms with Crippen molar-refractivity contribution in [1.82, 2.24) is 4.98 Å². The van der Waals surface area contributed by atoms with Crippen LogP contribution in [0.25, 0.3) is 33.6 Å². The first-order chi connectivity index (χ1) is 13.2. The zero-order valence-electron chi connectivity index (χ0n) is 14.6. The van der Waals surface area contributed by atoms with Gasteiger partial charge in [0.1, 0.15) is 11.5 Å². The average Bonchev–Trinajstić information content (AvgIpc) is 3.06. The molecular formula is C24H17NO2. The predicted octanol–water partition coefficient (Wildman–Crippen LogP) is 5.40. The third-order valence-electron chi connectivity index (χ3n) is 5.10. The fourth-order valence-corrected chi connectivity index (χ4v) is 3.80. The normalized spacial score (nSPS) is 11.9. The summed E-state index contributed by atoms with van der Waals surface area (Å²) in [6, 6.07) is 24.9. The molecule has 1 aromatic heterocycles. The highest BCUT2D eigenvalue weighted by Gasteiger charge is 2.25. The van der Waals surface area contributed by atoms with Gasteiger partial charge in [-0.2, -0.15) is 0 Å². The number of para-hydroxylation sites is 1. The van der Waals surface area contributed by atoms with Gasteiger partial charge in [0.25, 0.3) is 0 Å². The Morgan fingerprint density at radius 2 is 1.48 bits per heavy atom. The van der Waals surface area contributed by atoms with E-state index in [4.69, 9.17) is 4.98 Å². The molecule has 0 amide bonds. The molecule has 0 saturated heterocycles. The van der Waals surface area contributed by atoms with Crippen LogP contribution in [0.4, 0.5) is 0 Å². The Balaban J connectivity index is 1.82. The molecule has 0 atom stereocenters.